The van der Waals surface area contributed by atoms with E-state index in [4.69, 9.17) is 10.5 Å². The summed E-state index contributed by atoms with van der Waals surface area (Å²) in [6.45, 7) is 10.5. The number of morpholine rings is 1. The molecule has 2 N–H and O–H groups in total. The van der Waals surface area contributed by atoms with Crippen LogP contribution in [0.4, 0.5) is 0 Å². The minimum atomic E-state index is -0.917. The van der Waals surface area contributed by atoms with Crippen molar-refractivity contribution in [3.8, 4) is 0 Å². The standard InChI is InChI=1S/C17H33N5O2.ClH/c1-17(18,22-11-13-24-14-12-22)16(23)21-9-7-20(8-10-21)15-3-5-19(2)6-4-15;/h15H,3-14,18H2,1-2H3;1H/t17-;/m0./s1. The van der Waals surface area contributed by atoms with Gasteiger partial charge in [0.25, 0.3) is 5.91 Å². The Morgan fingerprint density at radius 3 is 2.12 bits per heavy atom. The van der Waals surface area contributed by atoms with Crippen LogP contribution in [0.2, 0.25) is 0 Å². The number of carbonyl (C=O) groups excluding carboxylic acids is 1. The Morgan fingerprint density at radius 2 is 1.56 bits per heavy atom. The molecule has 0 aromatic carbocycles. The van der Waals surface area contributed by atoms with Crippen molar-refractivity contribution in [1.82, 2.24) is 19.6 Å². The minimum absolute atomic E-state index is 0. The van der Waals surface area contributed by atoms with Gasteiger partial charge in [-0.25, -0.2) is 0 Å². The fourth-order valence-electron chi connectivity index (χ4n) is 4.13. The molecule has 0 spiro atoms. The van der Waals surface area contributed by atoms with E-state index in [0.29, 0.717) is 19.3 Å². The van der Waals surface area contributed by atoms with E-state index in [0.717, 1.165) is 39.3 Å². The lowest BCUT2D eigenvalue weighted by atomic mass is 10.0. The molecule has 0 aliphatic carbocycles. The van der Waals surface area contributed by atoms with Gasteiger partial charge in [-0.05, 0) is 39.9 Å². The molecule has 3 saturated heterocycles. The fourth-order valence-corrected chi connectivity index (χ4v) is 4.13. The monoisotopic (exact) mass is 375 g/mol. The first-order chi connectivity index (χ1) is 11.5. The van der Waals surface area contributed by atoms with E-state index in [1.807, 2.05) is 11.8 Å². The number of piperazine rings is 1. The molecule has 0 radical (unpaired) electrons. The highest BCUT2D eigenvalue weighted by atomic mass is 35.5. The lowest BCUT2D eigenvalue weighted by Crippen LogP contribution is -2.67. The SMILES string of the molecule is CN1CCC(N2CCN(C(=O)[C@@](C)(N)N3CCOCC3)CC2)CC1.Cl. The molecule has 0 aromatic rings. The molecule has 25 heavy (non-hydrogen) atoms. The number of nitrogens with zero attached hydrogens (tertiary/aromatic N) is 4. The van der Waals surface area contributed by atoms with Gasteiger partial charge in [0.1, 0.15) is 5.66 Å². The third-order valence-corrected chi connectivity index (χ3v) is 5.91. The second-order valence-corrected chi connectivity index (χ2v) is 7.61. The molecule has 1 amide bonds. The Bertz CT molecular complexity index is 429. The molecule has 146 valence electrons. The van der Waals surface area contributed by atoms with Crippen LogP contribution in [-0.2, 0) is 9.53 Å². The fraction of sp³-hybridized carbons (Fsp3) is 0.941. The molecule has 3 fully saturated rings. The van der Waals surface area contributed by atoms with Gasteiger partial charge < -0.3 is 20.3 Å². The molecular formula is C17H34ClN5O2. The first-order valence-electron chi connectivity index (χ1n) is 9.32. The number of hydrogen-bond acceptors (Lipinski definition) is 6. The zero-order chi connectivity index (χ0) is 17.2. The molecular weight excluding hydrogens is 342 g/mol. The number of likely N-dealkylation sites (tertiary alicyclic amines) is 1. The highest BCUT2D eigenvalue weighted by molar-refractivity contribution is 5.85. The van der Waals surface area contributed by atoms with Gasteiger partial charge >= 0.3 is 0 Å². The Balaban J connectivity index is 0.00000225. The molecule has 0 saturated carbocycles. The molecule has 0 aromatic heterocycles. The molecule has 3 rings (SSSR count). The maximum atomic E-state index is 12.9. The van der Waals surface area contributed by atoms with Crippen molar-refractivity contribution in [3.05, 3.63) is 0 Å². The second kappa shape index (κ2) is 8.97. The van der Waals surface area contributed by atoms with Crippen LogP contribution in [0, 0.1) is 0 Å². The van der Waals surface area contributed by atoms with E-state index in [1.54, 1.807) is 0 Å². The molecule has 0 bridgehead atoms. The van der Waals surface area contributed by atoms with Crippen LogP contribution >= 0.6 is 12.4 Å². The summed E-state index contributed by atoms with van der Waals surface area (Å²) in [5, 5.41) is 0. The second-order valence-electron chi connectivity index (χ2n) is 7.61. The van der Waals surface area contributed by atoms with Gasteiger partial charge in [-0.1, -0.05) is 0 Å². The number of piperidine rings is 1. The largest absolute Gasteiger partial charge is 0.379 e. The van der Waals surface area contributed by atoms with Gasteiger partial charge in [0, 0.05) is 45.3 Å². The Hall–Kier alpha value is -0.440. The third-order valence-electron chi connectivity index (χ3n) is 5.91. The molecule has 1 atom stereocenters. The van der Waals surface area contributed by atoms with Gasteiger partial charge in [-0.2, -0.15) is 0 Å². The Morgan fingerprint density at radius 1 is 1.00 bits per heavy atom. The van der Waals surface area contributed by atoms with Gasteiger partial charge in [-0.15, -0.1) is 12.4 Å². The summed E-state index contributed by atoms with van der Waals surface area (Å²) in [6, 6.07) is 0.682. The first-order valence-corrected chi connectivity index (χ1v) is 9.32. The summed E-state index contributed by atoms with van der Waals surface area (Å²) in [6.07, 6.45) is 2.49. The number of carbonyl (C=O) groups is 1. The summed E-state index contributed by atoms with van der Waals surface area (Å²) in [4.78, 5) is 21.9. The summed E-state index contributed by atoms with van der Waals surface area (Å²) < 4.78 is 5.38. The number of halogens is 1. The number of ether oxygens (including phenoxy) is 1. The van der Waals surface area contributed by atoms with Gasteiger partial charge in [0.05, 0.1) is 13.2 Å². The van der Waals surface area contributed by atoms with E-state index < -0.39 is 5.66 Å². The van der Waals surface area contributed by atoms with Crippen molar-refractivity contribution < 1.29 is 9.53 Å². The first kappa shape index (κ1) is 20.9. The average Bonchev–Trinajstić information content (AvgIpc) is 2.62. The maximum Gasteiger partial charge on any atom is 0.257 e. The zero-order valence-corrected chi connectivity index (χ0v) is 16.5. The Labute approximate surface area is 157 Å². The van der Waals surface area contributed by atoms with Gasteiger partial charge in [-0.3, -0.25) is 14.6 Å². The lowest BCUT2D eigenvalue weighted by Gasteiger charge is -2.46. The molecule has 3 aliphatic rings. The minimum Gasteiger partial charge on any atom is -0.379 e. The smallest absolute Gasteiger partial charge is 0.257 e. The molecule has 0 unspecified atom stereocenters. The summed E-state index contributed by atoms with van der Waals surface area (Å²) >= 11 is 0. The predicted molar refractivity (Wildman–Crippen MR) is 101 cm³/mol. The summed E-state index contributed by atoms with van der Waals surface area (Å²) in [7, 11) is 2.19. The molecule has 3 aliphatic heterocycles. The van der Waals surface area contributed by atoms with Crippen molar-refractivity contribution in [1.29, 1.82) is 0 Å². The van der Waals surface area contributed by atoms with E-state index in [-0.39, 0.29) is 18.3 Å². The number of rotatable bonds is 3. The summed E-state index contributed by atoms with van der Waals surface area (Å²) in [5.41, 5.74) is 5.50. The van der Waals surface area contributed by atoms with Crippen LogP contribution in [0.1, 0.15) is 19.8 Å². The van der Waals surface area contributed by atoms with Crippen LogP contribution < -0.4 is 5.73 Å². The topological polar surface area (TPSA) is 65.3 Å². The quantitative estimate of drug-likeness (QED) is 0.727. The number of hydrogen-bond donors (Lipinski definition) is 1. The van der Waals surface area contributed by atoms with E-state index in [2.05, 4.69) is 21.7 Å². The zero-order valence-electron chi connectivity index (χ0n) is 15.7. The van der Waals surface area contributed by atoms with Crippen molar-refractivity contribution in [3.63, 3.8) is 0 Å². The van der Waals surface area contributed by atoms with Crippen LogP contribution in [0.3, 0.4) is 0 Å². The van der Waals surface area contributed by atoms with Crippen molar-refractivity contribution in [2.45, 2.75) is 31.5 Å². The van der Waals surface area contributed by atoms with Crippen molar-refractivity contribution in [2.24, 2.45) is 5.73 Å². The van der Waals surface area contributed by atoms with Crippen LogP contribution in [0.5, 0.6) is 0 Å². The highest BCUT2D eigenvalue weighted by Crippen LogP contribution is 2.20. The molecule has 8 heteroatoms. The number of nitrogens with two attached hydrogens (primary N) is 1. The van der Waals surface area contributed by atoms with E-state index >= 15 is 0 Å². The van der Waals surface area contributed by atoms with Gasteiger partial charge in [0.2, 0.25) is 0 Å². The van der Waals surface area contributed by atoms with Crippen molar-refractivity contribution >= 4 is 18.3 Å². The average molecular weight is 376 g/mol. The summed E-state index contributed by atoms with van der Waals surface area (Å²) in [5.74, 6) is 0.0624. The maximum absolute atomic E-state index is 12.9. The normalized spacial score (nSPS) is 27.6. The van der Waals surface area contributed by atoms with E-state index in [9.17, 15) is 4.79 Å². The number of amides is 1. The van der Waals surface area contributed by atoms with E-state index in [1.165, 1.54) is 25.9 Å². The van der Waals surface area contributed by atoms with Crippen LogP contribution in [0.15, 0.2) is 0 Å². The molecule has 7 nitrogen and oxygen atoms in total. The molecule has 3 heterocycles. The Kier molecular flexibility index (Phi) is 7.49. The predicted octanol–water partition coefficient (Wildman–Crippen LogP) is -0.346. The van der Waals surface area contributed by atoms with Crippen molar-refractivity contribution in [2.75, 3.05) is 72.6 Å². The van der Waals surface area contributed by atoms with Crippen LogP contribution in [-0.4, -0.2) is 110 Å². The van der Waals surface area contributed by atoms with Crippen LogP contribution in [0.25, 0.3) is 0 Å². The third kappa shape index (κ3) is 4.84. The lowest BCUT2D eigenvalue weighted by molar-refractivity contribution is -0.148. The highest BCUT2D eigenvalue weighted by Gasteiger charge is 2.40. The van der Waals surface area contributed by atoms with Gasteiger partial charge in [0.15, 0.2) is 0 Å².